The Hall–Kier alpha value is 0.270. The van der Waals surface area contributed by atoms with Crippen molar-refractivity contribution in [1.29, 1.82) is 0 Å². The molecule has 2 atom stereocenters. The molecular formula is C11H24N2S. The minimum Gasteiger partial charge on any atom is -0.311 e. The molecule has 0 spiro atoms. The van der Waals surface area contributed by atoms with Crippen LogP contribution >= 0.6 is 11.8 Å². The van der Waals surface area contributed by atoms with E-state index in [1.807, 2.05) is 11.8 Å². The van der Waals surface area contributed by atoms with Crippen LogP contribution in [0.3, 0.4) is 0 Å². The van der Waals surface area contributed by atoms with Crippen LogP contribution in [-0.2, 0) is 0 Å². The van der Waals surface area contributed by atoms with Crippen molar-refractivity contribution in [3.8, 4) is 0 Å². The average molecular weight is 216 g/mol. The van der Waals surface area contributed by atoms with Crippen LogP contribution in [0.25, 0.3) is 0 Å². The molecule has 0 aromatic rings. The van der Waals surface area contributed by atoms with E-state index < -0.39 is 0 Å². The van der Waals surface area contributed by atoms with E-state index in [1.54, 1.807) is 0 Å². The summed E-state index contributed by atoms with van der Waals surface area (Å²) in [5, 5.41) is 4.36. The van der Waals surface area contributed by atoms with Gasteiger partial charge in [-0.3, -0.25) is 4.90 Å². The first-order valence-electron chi connectivity index (χ1n) is 5.62. The van der Waals surface area contributed by atoms with Gasteiger partial charge >= 0.3 is 0 Å². The predicted octanol–water partition coefficient (Wildman–Crippen LogP) is 1.67. The van der Waals surface area contributed by atoms with Crippen molar-refractivity contribution in [3.63, 3.8) is 0 Å². The molecule has 3 heteroatoms. The topological polar surface area (TPSA) is 15.3 Å². The zero-order valence-corrected chi connectivity index (χ0v) is 10.7. The minimum atomic E-state index is 0.692. The van der Waals surface area contributed by atoms with Crippen LogP contribution in [0.5, 0.6) is 0 Å². The zero-order valence-electron chi connectivity index (χ0n) is 9.92. The van der Waals surface area contributed by atoms with Crippen LogP contribution in [0, 0.1) is 5.92 Å². The van der Waals surface area contributed by atoms with Crippen LogP contribution in [-0.4, -0.2) is 48.6 Å². The van der Waals surface area contributed by atoms with Gasteiger partial charge < -0.3 is 5.32 Å². The molecule has 84 valence electrons. The second-order valence-electron chi connectivity index (χ2n) is 4.61. The highest BCUT2D eigenvalue weighted by Gasteiger charge is 2.22. The Morgan fingerprint density at radius 3 is 2.71 bits per heavy atom. The highest BCUT2D eigenvalue weighted by atomic mass is 32.2. The van der Waals surface area contributed by atoms with Gasteiger partial charge in [-0.05, 0) is 12.2 Å². The van der Waals surface area contributed by atoms with Crippen molar-refractivity contribution >= 4 is 11.8 Å². The molecule has 1 aliphatic heterocycles. The summed E-state index contributed by atoms with van der Waals surface area (Å²) < 4.78 is 0. The van der Waals surface area contributed by atoms with E-state index in [9.17, 15) is 0 Å². The van der Waals surface area contributed by atoms with E-state index in [1.165, 1.54) is 19.6 Å². The molecule has 14 heavy (non-hydrogen) atoms. The summed E-state index contributed by atoms with van der Waals surface area (Å²) in [6, 6.07) is 0.692. The maximum absolute atomic E-state index is 3.59. The van der Waals surface area contributed by atoms with Gasteiger partial charge in [0.15, 0.2) is 0 Å². The molecule has 0 radical (unpaired) electrons. The first-order valence-corrected chi connectivity index (χ1v) is 6.90. The highest BCUT2D eigenvalue weighted by Crippen LogP contribution is 2.12. The quantitative estimate of drug-likeness (QED) is 0.769. The highest BCUT2D eigenvalue weighted by molar-refractivity contribution is 7.99. The molecule has 0 aliphatic carbocycles. The minimum absolute atomic E-state index is 0.692. The van der Waals surface area contributed by atoms with Gasteiger partial charge in [0.2, 0.25) is 0 Å². The third-order valence-electron chi connectivity index (χ3n) is 3.01. The van der Waals surface area contributed by atoms with Gasteiger partial charge in [0.1, 0.15) is 0 Å². The Morgan fingerprint density at radius 1 is 1.43 bits per heavy atom. The molecule has 0 bridgehead atoms. The second kappa shape index (κ2) is 5.99. The number of piperazine rings is 1. The molecule has 1 fully saturated rings. The fraction of sp³-hybridized carbons (Fsp3) is 1.00. The Kier molecular flexibility index (Phi) is 5.28. The molecule has 1 N–H and O–H groups in total. The first kappa shape index (κ1) is 12.3. The van der Waals surface area contributed by atoms with Crippen LogP contribution < -0.4 is 5.32 Å². The average Bonchev–Trinajstić information content (AvgIpc) is 2.18. The number of hydrogen-bond donors (Lipinski definition) is 1. The smallest absolute Gasteiger partial charge is 0.0218 e. The summed E-state index contributed by atoms with van der Waals surface area (Å²) in [7, 11) is 0. The molecule has 1 heterocycles. The molecule has 0 amide bonds. The van der Waals surface area contributed by atoms with Gasteiger partial charge in [-0.2, -0.15) is 11.8 Å². The molecule has 0 aromatic heterocycles. The Balaban J connectivity index is 2.32. The monoisotopic (exact) mass is 216 g/mol. The Morgan fingerprint density at radius 2 is 2.14 bits per heavy atom. The largest absolute Gasteiger partial charge is 0.311 e. The van der Waals surface area contributed by atoms with Crippen molar-refractivity contribution in [3.05, 3.63) is 0 Å². The van der Waals surface area contributed by atoms with E-state index in [4.69, 9.17) is 0 Å². The lowest BCUT2D eigenvalue weighted by molar-refractivity contribution is 0.177. The second-order valence-corrected chi connectivity index (χ2v) is 5.89. The van der Waals surface area contributed by atoms with Crippen molar-refractivity contribution in [2.45, 2.75) is 32.1 Å². The van der Waals surface area contributed by atoms with Crippen molar-refractivity contribution in [2.24, 2.45) is 5.92 Å². The summed E-state index contributed by atoms with van der Waals surface area (Å²) >= 11 is 1.97. The van der Waals surface area contributed by atoms with Crippen LogP contribution in [0.4, 0.5) is 0 Å². The molecule has 2 nitrogen and oxygen atoms in total. The standard InChI is InChI=1S/C11H24N2S/c1-9(2)11-8-13(6-5-12-11)7-10(3)14-4/h9-12H,5-8H2,1-4H3. The molecule has 1 saturated heterocycles. The van der Waals surface area contributed by atoms with Gasteiger partial charge in [-0.15, -0.1) is 0 Å². The summed E-state index contributed by atoms with van der Waals surface area (Å²) in [6.07, 6.45) is 2.20. The maximum atomic E-state index is 3.59. The normalized spacial score (nSPS) is 26.8. The maximum Gasteiger partial charge on any atom is 0.0218 e. The SMILES string of the molecule is CSC(C)CN1CCNC(C(C)C)C1. The van der Waals surface area contributed by atoms with Gasteiger partial charge in [-0.25, -0.2) is 0 Å². The lowest BCUT2D eigenvalue weighted by atomic mass is 10.0. The number of nitrogens with one attached hydrogen (secondary N) is 1. The van der Waals surface area contributed by atoms with E-state index in [-0.39, 0.29) is 0 Å². The summed E-state index contributed by atoms with van der Waals surface area (Å²) in [4.78, 5) is 2.60. The summed E-state index contributed by atoms with van der Waals surface area (Å²) in [6.45, 7) is 11.8. The van der Waals surface area contributed by atoms with E-state index in [0.717, 1.165) is 17.7 Å². The zero-order chi connectivity index (χ0) is 10.6. The number of nitrogens with zero attached hydrogens (tertiary/aromatic N) is 1. The van der Waals surface area contributed by atoms with Crippen LogP contribution in [0.2, 0.25) is 0 Å². The molecular weight excluding hydrogens is 192 g/mol. The van der Waals surface area contributed by atoms with Crippen LogP contribution in [0.1, 0.15) is 20.8 Å². The summed E-state index contributed by atoms with van der Waals surface area (Å²) in [5.74, 6) is 0.752. The predicted molar refractivity (Wildman–Crippen MR) is 66.0 cm³/mol. The Bertz CT molecular complexity index is 161. The fourth-order valence-electron chi connectivity index (χ4n) is 1.89. The van der Waals surface area contributed by atoms with Gasteiger partial charge in [-0.1, -0.05) is 20.8 Å². The van der Waals surface area contributed by atoms with Gasteiger partial charge in [0, 0.05) is 37.5 Å². The molecule has 1 rings (SSSR count). The molecule has 0 saturated carbocycles. The first-order chi connectivity index (χ1) is 6.63. The van der Waals surface area contributed by atoms with Crippen molar-refractivity contribution in [2.75, 3.05) is 32.4 Å². The fourth-order valence-corrected chi connectivity index (χ4v) is 2.25. The van der Waals surface area contributed by atoms with E-state index >= 15 is 0 Å². The van der Waals surface area contributed by atoms with Crippen molar-refractivity contribution < 1.29 is 0 Å². The number of rotatable bonds is 4. The van der Waals surface area contributed by atoms with Gasteiger partial charge in [0.25, 0.3) is 0 Å². The summed E-state index contributed by atoms with van der Waals surface area (Å²) in [5.41, 5.74) is 0. The lowest BCUT2D eigenvalue weighted by Gasteiger charge is -2.36. The van der Waals surface area contributed by atoms with Crippen molar-refractivity contribution in [1.82, 2.24) is 10.2 Å². The van der Waals surface area contributed by atoms with E-state index in [0.29, 0.717) is 6.04 Å². The third kappa shape index (κ3) is 3.79. The van der Waals surface area contributed by atoms with E-state index in [2.05, 4.69) is 37.2 Å². The lowest BCUT2D eigenvalue weighted by Crippen LogP contribution is -2.53. The Labute approximate surface area is 92.8 Å². The number of hydrogen-bond acceptors (Lipinski definition) is 3. The number of thioether (sulfide) groups is 1. The molecule has 2 unspecified atom stereocenters. The van der Waals surface area contributed by atoms with Gasteiger partial charge in [0.05, 0.1) is 0 Å². The third-order valence-corrected chi connectivity index (χ3v) is 3.97. The van der Waals surface area contributed by atoms with Crippen LogP contribution in [0.15, 0.2) is 0 Å². The molecule has 1 aliphatic rings. The molecule has 0 aromatic carbocycles.